The molecule has 5 heteroatoms. The van der Waals surface area contributed by atoms with Gasteiger partial charge >= 0.3 is 0 Å². The van der Waals surface area contributed by atoms with Crippen molar-refractivity contribution in [1.29, 1.82) is 0 Å². The summed E-state index contributed by atoms with van der Waals surface area (Å²) in [5.74, 6) is -0.416. The van der Waals surface area contributed by atoms with Crippen molar-refractivity contribution in [1.82, 2.24) is 5.43 Å². The molecule has 31 heavy (non-hydrogen) atoms. The number of unbranched alkanes of at least 4 members (excludes halogenated alkanes) is 8. The van der Waals surface area contributed by atoms with Crippen LogP contribution in [0.5, 0.6) is 11.5 Å². The molecule has 2 rings (SSSR count). The van der Waals surface area contributed by atoms with Crippen LogP contribution in [0, 0.1) is 6.92 Å². The molecule has 0 saturated carbocycles. The van der Waals surface area contributed by atoms with E-state index in [1.54, 1.807) is 24.3 Å². The summed E-state index contributed by atoms with van der Waals surface area (Å²) >= 11 is 0. The molecule has 2 aromatic rings. The third kappa shape index (κ3) is 8.44. The molecule has 0 unspecified atom stereocenters. The van der Waals surface area contributed by atoms with Crippen LogP contribution in [-0.4, -0.2) is 21.8 Å². The molecule has 0 aromatic heterocycles. The van der Waals surface area contributed by atoms with E-state index in [2.05, 4.69) is 17.5 Å². The molecule has 0 saturated heterocycles. The summed E-state index contributed by atoms with van der Waals surface area (Å²) < 4.78 is 0. The van der Waals surface area contributed by atoms with Crippen LogP contribution in [0.15, 0.2) is 47.6 Å². The molecule has 0 atom stereocenters. The highest BCUT2D eigenvalue weighted by Gasteiger charge is 2.13. The summed E-state index contributed by atoms with van der Waals surface area (Å²) in [4.78, 5) is 12.4. The summed E-state index contributed by atoms with van der Waals surface area (Å²) in [6, 6.07) is 11.7. The summed E-state index contributed by atoms with van der Waals surface area (Å²) in [5.41, 5.74) is 5.01. The average Bonchev–Trinajstić information content (AvgIpc) is 2.76. The van der Waals surface area contributed by atoms with E-state index in [9.17, 15) is 15.0 Å². The summed E-state index contributed by atoms with van der Waals surface area (Å²) in [5, 5.41) is 24.6. The molecular formula is C26H36N2O3. The standard InChI is InChI=1S/C26H36N2O3/c1-3-4-5-6-7-8-9-10-11-15-23(22-19-20(2)17-18-25(22)30)27-28-26(31)21-14-12-13-16-24(21)29/h12-14,16-19,29-30H,3-11,15H2,1-2H3,(H,28,31)/b27-23-. The van der Waals surface area contributed by atoms with E-state index in [0.717, 1.165) is 18.4 Å². The number of phenols is 2. The predicted molar refractivity (Wildman–Crippen MR) is 127 cm³/mol. The fourth-order valence-corrected chi connectivity index (χ4v) is 3.58. The maximum absolute atomic E-state index is 12.4. The van der Waals surface area contributed by atoms with Gasteiger partial charge in [0.05, 0.1) is 11.3 Å². The number of phenolic OH excluding ortho intramolecular Hbond substituents is 2. The molecule has 0 aliphatic heterocycles. The first-order valence-electron chi connectivity index (χ1n) is 11.5. The average molecular weight is 425 g/mol. The number of aryl methyl sites for hydroxylation is 1. The Hall–Kier alpha value is -2.82. The summed E-state index contributed by atoms with van der Waals surface area (Å²) in [7, 11) is 0. The molecule has 0 aliphatic carbocycles. The van der Waals surface area contributed by atoms with Crippen molar-refractivity contribution >= 4 is 11.6 Å². The Kier molecular flexibility index (Phi) is 10.6. The zero-order valence-corrected chi connectivity index (χ0v) is 18.9. The minimum Gasteiger partial charge on any atom is -0.507 e. The lowest BCUT2D eigenvalue weighted by atomic mass is 10.00. The highest BCUT2D eigenvalue weighted by Crippen LogP contribution is 2.22. The first kappa shape index (κ1) is 24.4. The highest BCUT2D eigenvalue weighted by atomic mass is 16.3. The van der Waals surface area contributed by atoms with Crippen molar-refractivity contribution in [3.8, 4) is 11.5 Å². The van der Waals surface area contributed by atoms with E-state index < -0.39 is 5.91 Å². The molecule has 0 heterocycles. The van der Waals surface area contributed by atoms with Crippen LogP contribution in [-0.2, 0) is 0 Å². The van der Waals surface area contributed by atoms with Gasteiger partial charge in [0.15, 0.2) is 0 Å². The number of hydrogen-bond donors (Lipinski definition) is 3. The highest BCUT2D eigenvalue weighted by molar-refractivity contribution is 6.04. The Morgan fingerprint density at radius 1 is 0.839 bits per heavy atom. The van der Waals surface area contributed by atoms with E-state index in [1.165, 1.54) is 51.0 Å². The van der Waals surface area contributed by atoms with E-state index in [1.807, 2.05) is 19.1 Å². The Balaban J connectivity index is 1.97. The molecule has 0 fully saturated rings. The number of para-hydroxylation sites is 1. The van der Waals surface area contributed by atoms with Gasteiger partial charge in [-0.2, -0.15) is 5.10 Å². The molecule has 0 radical (unpaired) electrons. The van der Waals surface area contributed by atoms with Crippen LogP contribution in [0.4, 0.5) is 0 Å². The van der Waals surface area contributed by atoms with Crippen LogP contribution in [0.2, 0.25) is 0 Å². The van der Waals surface area contributed by atoms with Gasteiger partial charge in [-0.15, -0.1) is 0 Å². The number of rotatable bonds is 13. The van der Waals surface area contributed by atoms with Crippen molar-refractivity contribution in [3.05, 3.63) is 59.2 Å². The molecule has 0 bridgehead atoms. The molecule has 168 valence electrons. The third-order valence-electron chi connectivity index (χ3n) is 5.42. The fraction of sp³-hybridized carbons (Fsp3) is 0.462. The van der Waals surface area contributed by atoms with Gasteiger partial charge in [-0.1, -0.05) is 82.1 Å². The normalized spacial score (nSPS) is 11.5. The van der Waals surface area contributed by atoms with Crippen LogP contribution < -0.4 is 5.43 Å². The van der Waals surface area contributed by atoms with E-state index >= 15 is 0 Å². The number of aromatic hydroxyl groups is 2. The Morgan fingerprint density at radius 3 is 2.13 bits per heavy atom. The van der Waals surface area contributed by atoms with Crippen molar-refractivity contribution in [2.45, 2.75) is 78.1 Å². The number of hydrogen-bond acceptors (Lipinski definition) is 4. The zero-order valence-electron chi connectivity index (χ0n) is 18.9. The fourth-order valence-electron chi connectivity index (χ4n) is 3.58. The number of nitrogens with zero attached hydrogens (tertiary/aromatic N) is 1. The summed E-state index contributed by atoms with van der Waals surface area (Å²) in [6.45, 7) is 4.19. The second kappa shape index (κ2) is 13.5. The Labute approximate surface area is 186 Å². The lowest BCUT2D eigenvalue weighted by Crippen LogP contribution is -2.20. The van der Waals surface area contributed by atoms with Gasteiger partial charge in [-0.25, -0.2) is 5.43 Å². The van der Waals surface area contributed by atoms with E-state index in [4.69, 9.17) is 0 Å². The molecule has 0 spiro atoms. The SMILES string of the molecule is CCCCCCCCCCC/C(=N/NC(=O)c1ccccc1O)c1cc(C)ccc1O. The van der Waals surface area contributed by atoms with Crippen molar-refractivity contribution < 1.29 is 15.0 Å². The van der Waals surface area contributed by atoms with Crippen LogP contribution >= 0.6 is 0 Å². The number of carbonyl (C=O) groups excluding carboxylic acids is 1. The zero-order chi connectivity index (χ0) is 22.5. The number of hydrazone groups is 1. The molecule has 0 aliphatic rings. The van der Waals surface area contributed by atoms with Gasteiger partial charge in [0.25, 0.3) is 5.91 Å². The molecule has 2 aromatic carbocycles. The lowest BCUT2D eigenvalue weighted by Gasteiger charge is -2.11. The molecule has 3 N–H and O–H groups in total. The number of benzene rings is 2. The van der Waals surface area contributed by atoms with Gasteiger partial charge in [0.2, 0.25) is 0 Å². The second-order valence-corrected chi connectivity index (χ2v) is 8.12. The van der Waals surface area contributed by atoms with E-state index in [0.29, 0.717) is 17.7 Å². The predicted octanol–water partition coefficient (Wildman–Crippen LogP) is 6.46. The monoisotopic (exact) mass is 424 g/mol. The maximum Gasteiger partial charge on any atom is 0.275 e. The third-order valence-corrected chi connectivity index (χ3v) is 5.42. The van der Waals surface area contributed by atoms with Crippen LogP contribution in [0.3, 0.4) is 0 Å². The van der Waals surface area contributed by atoms with Gasteiger partial charge in [0.1, 0.15) is 11.5 Å². The van der Waals surface area contributed by atoms with Gasteiger partial charge < -0.3 is 10.2 Å². The number of amides is 1. The molecular weight excluding hydrogens is 388 g/mol. The van der Waals surface area contributed by atoms with Crippen LogP contribution in [0.25, 0.3) is 0 Å². The topological polar surface area (TPSA) is 81.9 Å². The van der Waals surface area contributed by atoms with Gasteiger partial charge in [0, 0.05) is 5.56 Å². The number of carbonyl (C=O) groups is 1. The van der Waals surface area contributed by atoms with E-state index in [-0.39, 0.29) is 17.1 Å². The molecule has 5 nitrogen and oxygen atoms in total. The van der Waals surface area contributed by atoms with Crippen molar-refractivity contribution in [2.24, 2.45) is 5.10 Å². The minimum atomic E-state index is -0.477. The van der Waals surface area contributed by atoms with Crippen molar-refractivity contribution in [3.63, 3.8) is 0 Å². The minimum absolute atomic E-state index is 0.0888. The van der Waals surface area contributed by atoms with Gasteiger partial charge in [-0.05, 0) is 44.0 Å². The summed E-state index contributed by atoms with van der Waals surface area (Å²) in [6.07, 6.45) is 11.7. The Morgan fingerprint density at radius 2 is 1.45 bits per heavy atom. The largest absolute Gasteiger partial charge is 0.507 e. The van der Waals surface area contributed by atoms with Crippen LogP contribution in [0.1, 0.15) is 92.6 Å². The maximum atomic E-state index is 12.4. The Bertz CT molecular complexity index is 861. The first-order chi connectivity index (χ1) is 15.0. The molecule has 1 amide bonds. The first-order valence-corrected chi connectivity index (χ1v) is 11.5. The second-order valence-electron chi connectivity index (χ2n) is 8.12. The smallest absolute Gasteiger partial charge is 0.275 e. The lowest BCUT2D eigenvalue weighted by molar-refractivity contribution is 0.0952. The van der Waals surface area contributed by atoms with Gasteiger partial charge in [-0.3, -0.25) is 4.79 Å². The van der Waals surface area contributed by atoms with Crippen molar-refractivity contribution in [2.75, 3.05) is 0 Å². The number of nitrogens with one attached hydrogen (secondary N) is 1. The quantitative estimate of drug-likeness (QED) is 0.196.